The van der Waals surface area contributed by atoms with Crippen LogP contribution < -0.4 is 10.1 Å². The Balaban J connectivity index is 1.47. The Morgan fingerprint density at radius 3 is 2.36 bits per heavy atom. The summed E-state index contributed by atoms with van der Waals surface area (Å²) < 4.78 is 5.75. The van der Waals surface area contributed by atoms with E-state index < -0.39 is 5.54 Å². The van der Waals surface area contributed by atoms with Crippen molar-refractivity contribution in [2.45, 2.75) is 63.8 Å². The summed E-state index contributed by atoms with van der Waals surface area (Å²) in [5.41, 5.74) is 0.778. The van der Waals surface area contributed by atoms with Crippen molar-refractivity contribution in [1.82, 2.24) is 10.2 Å². The fourth-order valence-electron chi connectivity index (χ4n) is 3.66. The zero-order chi connectivity index (χ0) is 18.1. The summed E-state index contributed by atoms with van der Waals surface area (Å²) >= 11 is 0. The first-order chi connectivity index (χ1) is 11.8. The fourth-order valence-corrected chi connectivity index (χ4v) is 3.66. The van der Waals surface area contributed by atoms with E-state index >= 15 is 0 Å². The Morgan fingerprint density at radius 1 is 1.12 bits per heavy atom. The monoisotopic (exact) mass is 344 g/mol. The minimum atomic E-state index is -0.610. The standard InChI is InChI=1S/C20H28N2O3/c1-19(2,3)15-7-9-16(10-8-15)25-14-6-13-22-17(23)20(21-18(22)24)11-4-5-12-20/h7-10H,4-6,11-14H2,1-3H3,(H,21,24). The summed E-state index contributed by atoms with van der Waals surface area (Å²) in [6, 6.07) is 7.86. The SMILES string of the molecule is CC(C)(C)c1ccc(OCCCN2C(=O)NC3(CCCC3)C2=O)cc1. The van der Waals surface area contributed by atoms with Crippen LogP contribution in [0.1, 0.15) is 58.4 Å². The van der Waals surface area contributed by atoms with Crippen LogP contribution in [0.4, 0.5) is 4.79 Å². The number of carbonyl (C=O) groups excluding carboxylic acids is 2. The molecule has 5 nitrogen and oxygen atoms in total. The number of imide groups is 1. The first kappa shape index (κ1) is 17.8. The predicted molar refractivity (Wildman–Crippen MR) is 96.7 cm³/mol. The molecule has 1 aliphatic heterocycles. The highest BCUT2D eigenvalue weighted by molar-refractivity contribution is 6.07. The van der Waals surface area contributed by atoms with Gasteiger partial charge in [0.05, 0.1) is 6.61 Å². The van der Waals surface area contributed by atoms with Crippen molar-refractivity contribution < 1.29 is 14.3 Å². The van der Waals surface area contributed by atoms with Crippen LogP contribution in [0.3, 0.4) is 0 Å². The van der Waals surface area contributed by atoms with Crippen LogP contribution in [0, 0.1) is 0 Å². The molecule has 0 atom stereocenters. The maximum atomic E-state index is 12.5. The van der Waals surface area contributed by atoms with Gasteiger partial charge in [0.1, 0.15) is 11.3 Å². The van der Waals surface area contributed by atoms with E-state index in [1.165, 1.54) is 10.5 Å². The molecule has 1 aromatic rings. The van der Waals surface area contributed by atoms with Gasteiger partial charge in [-0.15, -0.1) is 0 Å². The van der Waals surface area contributed by atoms with Crippen molar-refractivity contribution in [2.24, 2.45) is 0 Å². The first-order valence-corrected chi connectivity index (χ1v) is 9.19. The number of nitrogens with zero attached hydrogens (tertiary/aromatic N) is 1. The molecule has 1 saturated heterocycles. The van der Waals surface area contributed by atoms with Gasteiger partial charge >= 0.3 is 6.03 Å². The van der Waals surface area contributed by atoms with Gasteiger partial charge in [0.2, 0.25) is 0 Å². The molecule has 1 N–H and O–H groups in total. The Bertz CT molecular complexity index is 640. The summed E-state index contributed by atoms with van der Waals surface area (Å²) in [6.07, 6.45) is 4.19. The third-order valence-corrected chi connectivity index (χ3v) is 5.22. The molecule has 0 unspecified atom stereocenters. The van der Waals surface area contributed by atoms with E-state index in [-0.39, 0.29) is 17.4 Å². The van der Waals surface area contributed by atoms with Gasteiger partial charge in [-0.1, -0.05) is 45.7 Å². The number of carbonyl (C=O) groups is 2. The molecule has 0 aromatic heterocycles. The third-order valence-electron chi connectivity index (χ3n) is 5.22. The van der Waals surface area contributed by atoms with E-state index in [9.17, 15) is 9.59 Å². The molecule has 2 fully saturated rings. The lowest BCUT2D eigenvalue weighted by molar-refractivity contribution is -0.131. The normalized spacial score (nSPS) is 19.6. The molecule has 1 saturated carbocycles. The van der Waals surface area contributed by atoms with Crippen LogP contribution in [-0.2, 0) is 10.2 Å². The quantitative estimate of drug-likeness (QED) is 0.656. The molecule has 1 heterocycles. The number of hydrogen-bond acceptors (Lipinski definition) is 3. The number of ether oxygens (including phenoxy) is 1. The summed E-state index contributed by atoms with van der Waals surface area (Å²) in [5.74, 6) is 0.766. The Labute approximate surface area is 149 Å². The number of urea groups is 1. The highest BCUT2D eigenvalue weighted by atomic mass is 16.5. The van der Waals surface area contributed by atoms with Gasteiger partial charge in [-0.2, -0.15) is 0 Å². The van der Waals surface area contributed by atoms with Crippen molar-refractivity contribution >= 4 is 11.9 Å². The second kappa shape index (κ2) is 6.70. The zero-order valence-electron chi connectivity index (χ0n) is 15.4. The van der Waals surface area contributed by atoms with Crippen molar-refractivity contribution in [1.29, 1.82) is 0 Å². The van der Waals surface area contributed by atoms with Crippen LogP contribution in [0.15, 0.2) is 24.3 Å². The van der Waals surface area contributed by atoms with Gasteiger partial charge in [-0.25, -0.2) is 4.79 Å². The minimum Gasteiger partial charge on any atom is -0.494 e. The molecular weight excluding hydrogens is 316 g/mol. The van der Waals surface area contributed by atoms with Gasteiger partial charge in [0.15, 0.2) is 0 Å². The highest BCUT2D eigenvalue weighted by Gasteiger charge is 2.51. The molecule has 25 heavy (non-hydrogen) atoms. The zero-order valence-corrected chi connectivity index (χ0v) is 15.4. The van der Waals surface area contributed by atoms with Gasteiger partial charge in [0.25, 0.3) is 5.91 Å². The molecule has 2 aliphatic rings. The van der Waals surface area contributed by atoms with Crippen LogP contribution in [0.5, 0.6) is 5.75 Å². The van der Waals surface area contributed by atoms with Gasteiger partial charge in [0, 0.05) is 6.54 Å². The topological polar surface area (TPSA) is 58.6 Å². The predicted octanol–water partition coefficient (Wildman–Crippen LogP) is 3.62. The van der Waals surface area contributed by atoms with Crippen LogP contribution in [-0.4, -0.2) is 35.5 Å². The molecule has 136 valence electrons. The lowest BCUT2D eigenvalue weighted by Crippen LogP contribution is -2.44. The molecule has 3 rings (SSSR count). The number of rotatable bonds is 5. The molecule has 0 radical (unpaired) electrons. The third kappa shape index (κ3) is 3.65. The maximum absolute atomic E-state index is 12.5. The number of hydrogen-bond donors (Lipinski definition) is 1. The maximum Gasteiger partial charge on any atom is 0.325 e. The average Bonchev–Trinajstić information content (AvgIpc) is 3.11. The molecule has 1 aromatic carbocycles. The highest BCUT2D eigenvalue weighted by Crippen LogP contribution is 2.35. The molecular formula is C20H28N2O3. The Morgan fingerprint density at radius 2 is 1.76 bits per heavy atom. The largest absolute Gasteiger partial charge is 0.494 e. The Kier molecular flexibility index (Phi) is 4.76. The van der Waals surface area contributed by atoms with Crippen molar-refractivity contribution in [3.05, 3.63) is 29.8 Å². The smallest absolute Gasteiger partial charge is 0.325 e. The van der Waals surface area contributed by atoms with Gasteiger partial charge in [-0.3, -0.25) is 9.69 Å². The number of nitrogens with one attached hydrogen (secondary N) is 1. The van der Waals surface area contributed by atoms with E-state index in [0.717, 1.165) is 31.4 Å². The average molecular weight is 344 g/mol. The molecule has 5 heteroatoms. The molecule has 0 bridgehead atoms. The summed E-state index contributed by atoms with van der Waals surface area (Å²) in [4.78, 5) is 26.0. The minimum absolute atomic E-state index is 0.0514. The molecule has 1 aliphatic carbocycles. The second-order valence-electron chi connectivity index (χ2n) is 8.15. The van der Waals surface area contributed by atoms with Crippen LogP contribution in [0.2, 0.25) is 0 Å². The lowest BCUT2D eigenvalue weighted by Gasteiger charge is -2.20. The van der Waals surface area contributed by atoms with Gasteiger partial charge < -0.3 is 10.1 Å². The van der Waals surface area contributed by atoms with Gasteiger partial charge in [-0.05, 0) is 42.4 Å². The summed E-state index contributed by atoms with van der Waals surface area (Å²) in [5, 5.41) is 2.90. The van der Waals surface area contributed by atoms with Crippen molar-refractivity contribution in [2.75, 3.05) is 13.2 Å². The Hall–Kier alpha value is -2.04. The molecule has 3 amide bonds. The van der Waals surface area contributed by atoms with Crippen molar-refractivity contribution in [3.8, 4) is 5.75 Å². The van der Waals surface area contributed by atoms with E-state index in [1.54, 1.807) is 0 Å². The fraction of sp³-hybridized carbons (Fsp3) is 0.600. The van der Waals surface area contributed by atoms with E-state index in [2.05, 4.69) is 38.2 Å². The number of amides is 3. The van der Waals surface area contributed by atoms with E-state index in [1.807, 2.05) is 12.1 Å². The number of benzene rings is 1. The first-order valence-electron chi connectivity index (χ1n) is 9.19. The summed E-state index contributed by atoms with van der Waals surface area (Å²) in [6.45, 7) is 7.43. The lowest BCUT2D eigenvalue weighted by atomic mass is 9.87. The summed E-state index contributed by atoms with van der Waals surface area (Å²) in [7, 11) is 0. The van der Waals surface area contributed by atoms with E-state index in [4.69, 9.17) is 4.74 Å². The van der Waals surface area contributed by atoms with Crippen molar-refractivity contribution in [3.63, 3.8) is 0 Å². The van der Waals surface area contributed by atoms with Crippen LogP contribution >= 0.6 is 0 Å². The second-order valence-corrected chi connectivity index (χ2v) is 8.15. The van der Waals surface area contributed by atoms with E-state index in [0.29, 0.717) is 19.6 Å². The molecule has 1 spiro atoms. The van der Waals surface area contributed by atoms with Crippen LogP contribution in [0.25, 0.3) is 0 Å².